The second-order valence-corrected chi connectivity index (χ2v) is 3.39. The number of rotatable bonds is 0. The molecule has 2 rings (SSSR count). The zero-order valence-electron chi connectivity index (χ0n) is 7.84. The number of fused-ring (bicyclic) bond motifs is 1. The van der Waals surface area contributed by atoms with Crippen LogP contribution in [0.3, 0.4) is 0 Å². The van der Waals surface area contributed by atoms with Gasteiger partial charge in [-0.25, -0.2) is 0 Å². The lowest BCUT2D eigenvalue weighted by molar-refractivity contribution is -0.125. The van der Waals surface area contributed by atoms with Crippen molar-refractivity contribution in [2.45, 2.75) is 12.5 Å². The van der Waals surface area contributed by atoms with Crippen molar-refractivity contribution in [3.05, 3.63) is 29.3 Å². The molecule has 0 saturated carbocycles. The fourth-order valence-corrected chi connectivity index (χ4v) is 1.69. The minimum Gasteiger partial charge on any atom is -0.320 e. The number of hydrogen-bond donors (Lipinski definition) is 2. The van der Waals surface area contributed by atoms with Crippen LogP contribution in [0.25, 0.3) is 0 Å². The quantitative estimate of drug-likeness (QED) is 0.588. The van der Waals surface area contributed by atoms with E-state index in [1.54, 1.807) is 18.2 Å². The van der Waals surface area contributed by atoms with E-state index in [-0.39, 0.29) is 11.3 Å². The Hall–Kier alpha value is -1.90. The van der Waals surface area contributed by atoms with Crippen molar-refractivity contribution in [2.24, 2.45) is 5.73 Å². The molecule has 0 saturated heterocycles. The van der Waals surface area contributed by atoms with E-state index in [2.05, 4.69) is 0 Å². The monoisotopic (exact) mass is 203 g/mol. The Morgan fingerprint density at radius 3 is 3.00 bits per heavy atom. The fourth-order valence-electron chi connectivity index (χ4n) is 1.69. The number of anilines is 1. The van der Waals surface area contributed by atoms with Crippen molar-refractivity contribution in [3.63, 3.8) is 0 Å². The highest BCUT2D eigenvalue weighted by Gasteiger charge is 2.31. The van der Waals surface area contributed by atoms with Crippen LogP contribution in [0.2, 0.25) is 0 Å². The largest absolute Gasteiger partial charge is 0.320 e. The van der Waals surface area contributed by atoms with Crippen molar-refractivity contribution >= 4 is 11.6 Å². The smallest absolute Gasteiger partial charge is 0.267 e. The molecule has 0 radical (unpaired) electrons. The van der Waals surface area contributed by atoms with Crippen molar-refractivity contribution in [2.75, 3.05) is 5.06 Å². The summed E-state index contributed by atoms with van der Waals surface area (Å²) in [6.07, 6.45) is 0.348. The number of carbonyl (C=O) groups is 1. The first-order valence-corrected chi connectivity index (χ1v) is 4.45. The number of para-hydroxylation sites is 1. The third-order valence-electron chi connectivity index (χ3n) is 2.42. The molecule has 1 amide bonds. The topological polar surface area (TPSA) is 90.4 Å². The summed E-state index contributed by atoms with van der Waals surface area (Å²) in [5.74, 6) is -0.579. The van der Waals surface area contributed by atoms with Crippen molar-refractivity contribution in [1.29, 1.82) is 5.26 Å². The maximum atomic E-state index is 11.4. The normalized spacial score (nSPS) is 19.7. The van der Waals surface area contributed by atoms with E-state index in [1.807, 2.05) is 6.07 Å². The van der Waals surface area contributed by atoms with Crippen molar-refractivity contribution < 1.29 is 10.0 Å². The molecule has 15 heavy (non-hydrogen) atoms. The molecular formula is C10H9N3O2. The number of nitriles is 1. The predicted octanol–water partition coefficient (Wildman–Crippen LogP) is 0.164. The predicted molar refractivity (Wildman–Crippen MR) is 52.1 cm³/mol. The summed E-state index contributed by atoms with van der Waals surface area (Å²) in [5, 5.41) is 18.9. The van der Waals surface area contributed by atoms with Gasteiger partial charge in [-0.2, -0.15) is 10.3 Å². The minimum atomic E-state index is -0.739. The molecule has 1 aliphatic rings. The molecule has 1 unspecified atom stereocenters. The first-order valence-electron chi connectivity index (χ1n) is 4.45. The van der Waals surface area contributed by atoms with E-state index in [4.69, 9.17) is 11.0 Å². The van der Waals surface area contributed by atoms with Crippen molar-refractivity contribution in [1.82, 2.24) is 0 Å². The maximum Gasteiger partial charge on any atom is 0.267 e. The fraction of sp³-hybridized carbons (Fsp3) is 0.200. The van der Waals surface area contributed by atoms with Gasteiger partial charge in [-0.15, -0.1) is 0 Å². The summed E-state index contributed by atoms with van der Waals surface area (Å²) in [7, 11) is 0. The standard InChI is InChI=1S/C10H9N3O2/c11-5-7-3-1-2-6-4-8(12)10(14)13(15)9(6)7/h1-3,8,15H,4,12H2. The van der Waals surface area contributed by atoms with Crippen LogP contribution in [0, 0.1) is 11.3 Å². The first-order chi connectivity index (χ1) is 7.15. The summed E-state index contributed by atoms with van der Waals surface area (Å²) in [6.45, 7) is 0. The molecule has 0 fully saturated rings. The van der Waals surface area contributed by atoms with Crippen LogP contribution < -0.4 is 10.8 Å². The van der Waals surface area contributed by atoms with Gasteiger partial charge in [0.05, 0.1) is 17.3 Å². The molecule has 0 spiro atoms. The average molecular weight is 203 g/mol. The zero-order chi connectivity index (χ0) is 11.0. The third kappa shape index (κ3) is 1.36. The highest BCUT2D eigenvalue weighted by Crippen LogP contribution is 2.29. The summed E-state index contributed by atoms with van der Waals surface area (Å²) in [4.78, 5) is 11.4. The number of amides is 1. The molecular weight excluding hydrogens is 194 g/mol. The van der Waals surface area contributed by atoms with Crippen LogP contribution in [0.1, 0.15) is 11.1 Å². The van der Waals surface area contributed by atoms with Gasteiger partial charge in [-0.05, 0) is 18.1 Å². The number of hydroxylamine groups is 1. The Kier molecular flexibility index (Phi) is 2.15. The molecule has 1 aromatic carbocycles. The number of carbonyl (C=O) groups excluding carboxylic acids is 1. The van der Waals surface area contributed by atoms with E-state index in [1.165, 1.54) is 0 Å². The lowest BCUT2D eigenvalue weighted by atomic mass is 9.96. The SMILES string of the molecule is N#Cc1cccc2c1N(O)C(=O)C(N)C2. The van der Waals surface area contributed by atoms with Crippen LogP contribution in [0.5, 0.6) is 0 Å². The molecule has 0 aromatic heterocycles. The van der Waals surface area contributed by atoms with Gasteiger partial charge in [0, 0.05) is 0 Å². The highest BCUT2D eigenvalue weighted by molar-refractivity contribution is 5.99. The number of nitrogens with two attached hydrogens (primary N) is 1. The minimum absolute atomic E-state index is 0.256. The summed E-state index contributed by atoms with van der Waals surface area (Å²) in [5.41, 5.74) is 6.78. The van der Waals surface area contributed by atoms with E-state index in [9.17, 15) is 10.0 Å². The zero-order valence-corrected chi connectivity index (χ0v) is 7.84. The third-order valence-corrected chi connectivity index (χ3v) is 2.42. The molecule has 1 heterocycles. The first kappa shape index (κ1) is 9.65. The molecule has 3 N–H and O–H groups in total. The van der Waals surface area contributed by atoms with Gasteiger partial charge in [-0.1, -0.05) is 12.1 Å². The molecule has 0 aliphatic carbocycles. The molecule has 5 heteroatoms. The molecule has 0 bridgehead atoms. The van der Waals surface area contributed by atoms with E-state index in [0.29, 0.717) is 17.0 Å². The van der Waals surface area contributed by atoms with E-state index >= 15 is 0 Å². The number of hydrogen-bond acceptors (Lipinski definition) is 4. The van der Waals surface area contributed by atoms with Gasteiger partial charge in [-0.3, -0.25) is 10.0 Å². The Bertz CT molecular complexity index is 464. The van der Waals surface area contributed by atoms with Gasteiger partial charge in [0.1, 0.15) is 6.07 Å². The van der Waals surface area contributed by atoms with Gasteiger partial charge in [0.2, 0.25) is 0 Å². The van der Waals surface area contributed by atoms with Crippen LogP contribution in [-0.2, 0) is 11.2 Å². The van der Waals surface area contributed by atoms with Gasteiger partial charge in [0.25, 0.3) is 5.91 Å². The van der Waals surface area contributed by atoms with E-state index < -0.39 is 11.9 Å². The maximum absolute atomic E-state index is 11.4. The number of nitrogens with zero attached hydrogens (tertiary/aromatic N) is 2. The average Bonchev–Trinajstić information content (AvgIpc) is 2.25. The lowest BCUT2D eigenvalue weighted by Gasteiger charge is -2.28. The van der Waals surface area contributed by atoms with Crippen LogP contribution in [0.4, 0.5) is 5.69 Å². The summed E-state index contributed by atoms with van der Waals surface area (Å²) in [6, 6.07) is 6.18. The molecule has 76 valence electrons. The highest BCUT2D eigenvalue weighted by atomic mass is 16.5. The van der Waals surface area contributed by atoms with Crippen LogP contribution in [0.15, 0.2) is 18.2 Å². The molecule has 1 aromatic rings. The van der Waals surface area contributed by atoms with Gasteiger partial charge in [0.15, 0.2) is 0 Å². The van der Waals surface area contributed by atoms with Crippen LogP contribution in [-0.4, -0.2) is 17.2 Å². The summed E-state index contributed by atoms with van der Waals surface area (Å²) < 4.78 is 0. The van der Waals surface area contributed by atoms with Gasteiger partial charge < -0.3 is 5.73 Å². The second-order valence-electron chi connectivity index (χ2n) is 3.39. The van der Waals surface area contributed by atoms with Gasteiger partial charge >= 0.3 is 0 Å². The Labute approximate surface area is 86.3 Å². The molecule has 1 atom stereocenters. The Balaban J connectivity index is 2.62. The second kappa shape index (κ2) is 3.35. The van der Waals surface area contributed by atoms with E-state index in [0.717, 1.165) is 0 Å². The number of benzene rings is 1. The van der Waals surface area contributed by atoms with Crippen LogP contribution >= 0.6 is 0 Å². The Morgan fingerprint density at radius 1 is 1.60 bits per heavy atom. The summed E-state index contributed by atoms with van der Waals surface area (Å²) >= 11 is 0. The molecule has 5 nitrogen and oxygen atoms in total. The lowest BCUT2D eigenvalue weighted by Crippen LogP contribution is -2.47. The van der Waals surface area contributed by atoms with Crippen molar-refractivity contribution in [3.8, 4) is 6.07 Å². The Morgan fingerprint density at radius 2 is 2.33 bits per heavy atom. The molecule has 1 aliphatic heterocycles.